The van der Waals surface area contributed by atoms with Gasteiger partial charge >= 0.3 is 6.18 Å². The highest BCUT2D eigenvalue weighted by atomic mass is 127. The van der Waals surface area contributed by atoms with E-state index in [1.165, 1.54) is 12.1 Å². The van der Waals surface area contributed by atoms with Crippen LogP contribution in [0.15, 0.2) is 29.3 Å². The van der Waals surface area contributed by atoms with E-state index in [4.69, 9.17) is 9.47 Å². The van der Waals surface area contributed by atoms with Crippen LogP contribution < -0.4 is 10.6 Å². The van der Waals surface area contributed by atoms with Gasteiger partial charge < -0.3 is 20.1 Å². The Kier molecular flexibility index (Phi) is 11.3. The highest BCUT2D eigenvalue weighted by Gasteiger charge is 2.45. The van der Waals surface area contributed by atoms with E-state index in [0.29, 0.717) is 51.0 Å². The molecule has 1 aromatic carbocycles. The third-order valence-electron chi connectivity index (χ3n) is 4.73. The molecular weight excluding hydrogens is 498 g/mol. The summed E-state index contributed by atoms with van der Waals surface area (Å²) in [6.07, 6.45) is -1.79. The Morgan fingerprint density at radius 3 is 2.55 bits per heavy atom. The average Bonchev–Trinajstić information content (AvgIpc) is 3.46. The summed E-state index contributed by atoms with van der Waals surface area (Å²) in [7, 11) is 1.64. The second-order valence-electron chi connectivity index (χ2n) is 6.94. The summed E-state index contributed by atoms with van der Waals surface area (Å²) in [5.74, 6) is 0.678. The Hall–Kier alpha value is -1.07. The summed E-state index contributed by atoms with van der Waals surface area (Å²) in [6.45, 7) is 5.64. The molecular formula is C20H31F3IN3O2. The van der Waals surface area contributed by atoms with Crippen LogP contribution >= 0.6 is 24.0 Å². The Morgan fingerprint density at radius 2 is 1.93 bits per heavy atom. The molecule has 0 spiro atoms. The second-order valence-corrected chi connectivity index (χ2v) is 6.94. The summed E-state index contributed by atoms with van der Waals surface area (Å²) in [5, 5.41) is 6.43. The number of nitrogens with zero attached hydrogens (tertiary/aromatic N) is 1. The van der Waals surface area contributed by atoms with Crippen molar-refractivity contribution >= 4 is 29.9 Å². The number of ether oxygens (including phenoxy) is 2. The first-order valence-corrected chi connectivity index (χ1v) is 9.68. The lowest BCUT2D eigenvalue weighted by atomic mass is 9.94. The molecule has 1 aromatic rings. The van der Waals surface area contributed by atoms with E-state index in [-0.39, 0.29) is 29.4 Å². The van der Waals surface area contributed by atoms with Crippen LogP contribution in [0.4, 0.5) is 13.2 Å². The van der Waals surface area contributed by atoms with Gasteiger partial charge in [-0.2, -0.15) is 13.2 Å². The third-order valence-corrected chi connectivity index (χ3v) is 4.73. The third kappa shape index (κ3) is 8.67. The van der Waals surface area contributed by atoms with Gasteiger partial charge in [0, 0.05) is 32.2 Å². The summed E-state index contributed by atoms with van der Waals surface area (Å²) in [4.78, 5) is 4.62. The minimum absolute atomic E-state index is 0. The number of hydrogen-bond donors (Lipinski definition) is 2. The van der Waals surface area contributed by atoms with Crippen molar-refractivity contribution in [2.24, 2.45) is 4.99 Å². The molecule has 5 nitrogen and oxygen atoms in total. The Balaban J connectivity index is 0.00000420. The Bertz CT molecular complexity index is 638. The van der Waals surface area contributed by atoms with Gasteiger partial charge in [0.1, 0.15) is 0 Å². The summed E-state index contributed by atoms with van der Waals surface area (Å²) in [5.41, 5.74) is -0.167. The van der Waals surface area contributed by atoms with Crippen LogP contribution in [0.5, 0.6) is 0 Å². The largest absolute Gasteiger partial charge is 0.416 e. The zero-order valence-corrected chi connectivity index (χ0v) is 19.3. The fourth-order valence-electron chi connectivity index (χ4n) is 2.91. The fraction of sp³-hybridized carbons (Fsp3) is 0.650. The van der Waals surface area contributed by atoms with Gasteiger partial charge in [0.25, 0.3) is 0 Å². The van der Waals surface area contributed by atoms with Crippen LogP contribution in [-0.4, -0.2) is 52.5 Å². The van der Waals surface area contributed by atoms with Crippen molar-refractivity contribution < 1.29 is 22.6 Å². The number of rotatable bonds is 11. The van der Waals surface area contributed by atoms with Crippen molar-refractivity contribution in [3.05, 3.63) is 35.4 Å². The van der Waals surface area contributed by atoms with Gasteiger partial charge in [-0.25, -0.2) is 0 Å². The molecule has 29 heavy (non-hydrogen) atoms. The second kappa shape index (κ2) is 12.6. The van der Waals surface area contributed by atoms with E-state index in [2.05, 4.69) is 15.6 Å². The number of methoxy groups -OCH3 is 1. The molecule has 0 amide bonds. The summed E-state index contributed by atoms with van der Waals surface area (Å²) >= 11 is 0. The number of aliphatic imine (C=N–C) groups is 1. The van der Waals surface area contributed by atoms with Crippen LogP contribution in [0.1, 0.15) is 37.3 Å². The van der Waals surface area contributed by atoms with Gasteiger partial charge in [-0.1, -0.05) is 18.2 Å². The van der Waals surface area contributed by atoms with Crippen molar-refractivity contribution in [2.75, 3.05) is 46.6 Å². The molecule has 0 heterocycles. The van der Waals surface area contributed by atoms with Gasteiger partial charge in [0.2, 0.25) is 0 Å². The number of hydrogen-bond acceptors (Lipinski definition) is 3. The minimum atomic E-state index is -4.32. The van der Waals surface area contributed by atoms with Crippen LogP contribution in [0.3, 0.4) is 0 Å². The van der Waals surface area contributed by atoms with Gasteiger partial charge in [0.15, 0.2) is 5.96 Å². The molecule has 2 N–H and O–H groups in total. The molecule has 0 aromatic heterocycles. The quantitative estimate of drug-likeness (QED) is 0.197. The fourth-order valence-corrected chi connectivity index (χ4v) is 2.91. The van der Waals surface area contributed by atoms with Crippen molar-refractivity contribution in [1.29, 1.82) is 0 Å². The number of benzene rings is 1. The Morgan fingerprint density at radius 1 is 1.17 bits per heavy atom. The normalized spacial score (nSPS) is 15.6. The molecule has 1 aliphatic carbocycles. The first kappa shape index (κ1) is 26.0. The lowest BCUT2D eigenvalue weighted by molar-refractivity contribution is -0.137. The SMILES string of the molecule is CCNC(=NCC1(c2cccc(C(F)(F)F)c2)CC1)NCCCOCCOC.I. The van der Waals surface area contributed by atoms with Crippen molar-refractivity contribution in [3.63, 3.8) is 0 Å². The molecule has 2 rings (SSSR count). The monoisotopic (exact) mass is 529 g/mol. The van der Waals surface area contributed by atoms with Crippen LogP contribution in [0.25, 0.3) is 0 Å². The number of halogens is 4. The number of alkyl halides is 3. The van der Waals surface area contributed by atoms with Gasteiger partial charge in [0.05, 0.1) is 25.3 Å². The average molecular weight is 529 g/mol. The van der Waals surface area contributed by atoms with Crippen molar-refractivity contribution in [3.8, 4) is 0 Å². The van der Waals surface area contributed by atoms with E-state index >= 15 is 0 Å². The lowest BCUT2D eigenvalue weighted by Gasteiger charge is -2.17. The van der Waals surface area contributed by atoms with Crippen LogP contribution in [0.2, 0.25) is 0 Å². The predicted octanol–water partition coefficient (Wildman–Crippen LogP) is 3.96. The van der Waals surface area contributed by atoms with Gasteiger partial charge in [-0.05, 0) is 37.8 Å². The molecule has 0 atom stereocenters. The maximum Gasteiger partial charge on any atom is 0.416 e. The predicted molar refractivity (Wildman–Crippen MR) is 119 cm³/mol. The molecule has 0 aliphatic heterocycles. The smallest absolute Gasteiger partial charge is 0.382 e. The van der Waals surface area contributed by atoms with E-state index in [1.807, 2.05) is 6.92 Å². The summed E-state index contributed by atoms with van der Waals surface area (Å²) in [6, 6.07) is 5.63. The standard InChI is InChI=1S/C20H30F3N3O2.HI/c1-3-24-18(25-10-5-11-28-13-12-27-2)26-15-19(8-9-19)16-6-4-7-17(14-16)20(21,22)23;/h4,6-7,14H,3,5,8-13,15H2,1-2H3,(H2,24,25,26);1H. The topological polar surface area (TPSA) is 54.9 Å². The van der Waals surface area contributed by atoms with E-state index in [9.17, 15) is 13.2 Å². The van der Waals surface area contributed by atoms with E-state index in [0.717, 1.165) is 25.3 Å². The molecule has 0 bridgehead atoms. The zero-order valence-electron chi connectivity index (χ0n) is 17.0. The molecule has 0 unspecified atom stereocenters. The zero-order chi connectivity index (χ0) is 20.5. The molecule has 0 saturated heterocycles. The lowest BCUT2D eigenvalue weighted by Crippen LogP contribution is -2.38. The maximum absolute atomic E-state index is 13.0. The van der Waals surface area contributed by atoms with Crippen LogP contribution in [-0.2, 0) is 21.1 Å². The molecule has 166 valence electrons. The number of nitrogens with one attached hydrogen (secondary N) is 2. The Labute approximate surface area is 187 Å². The molecule has 1 saturated carbocycles. The highest BCUT2D eigenvalue weighted by molar-refractivity contribution is 14.0. The van der Waals surface area contributed by atoms with Gasteiger partial charge in [-0.3, -0.25) is 4.99 Å². The first-order chi connectivity index (χ1) is 13.4. The number of guanidine groups is 1. The maximum atomic E-state index is 13.0. The van der Waals surface area contributed by atoms with Crippen molar-refractivity contribution in [2.45, 2.75) is 37.8 Å². The minimum Gasteiger partial charge on any atom is -0.382 e. The molecule has 9 heteroatoms. The molecule has 0 radical (unpaired) electrons. The van der Waals surface area contributed by atoms with Crippen molar-refractivity contribution in [1.82, 2.24) is 10.6 Å². The van der Waals surface area contributed by atoms with Crippen LogP contribution in [0, 0.1) is 0 Å². The van der Waals surface area contributed by atoms with E-state index < -0.39 is 11.7 Å². The summed E-state index contributed by atoms with van der Waals surface area (Å²) < 4.78 is 49.3. The highest BCUT2D eigenvalue weighted by Crippen LogP contribution is 2.49. The first-order valence-electron chi connectivity index (χ1n) is 9.68. The van der Waals surface area contributed by atoms with Gasteiger partial charge in [-0.15, -0.1) is 24.0 Å². The molecule has 1 fully saturated rings. The molecule has 1 aliphatic rings. The van der Waals surface area contributed by atoms with E-state index in [1.54, 1.807) is 13.2 Å².